The number of nitrogens with one attached hydrogen (secondary N) is 1. The van der Waals surface area contributed by atoms with Gasteiger partial charge in [0.2, 0.25) is 5.91 Å². The highest BCUT2D eigenvalue weighted by molar-refractivity contribution is 7.84. The van der Waals surface area contributed by atoms with Crippen molar-refractivity contribution in [2.75, 3.05) is 18.6 Å². The highest BCUT2D eigenvalue weighted by Crippen LogP contribution is 2.07. The molecule has 0 aliphatic heterocycles. The van der Waals surface area contributed by atoms with E-state index in [0.717, 1.165) is 0 Å². The summed E-state index contributed by atoms with van der Waals surface area (Å²) in [4.78, 5) is 11.6. The largest absolute Gasteiger partial charge is 0.354 e. The van der Waals surface area contributed by atoms with Gasteiger partial charge in [-0.3, -0.25) is 13.7 Å². The predicted molar refractivity (Wildman–Crippen MR) is 62.1 cm³/mol. The van der Waals surface area contributed by atoms with Crippen LogP contribution >= 0.6 is 0 Å². The zero-order valence-corrected chi connectivity index (χ0v) is 10.2. The van der Waals surface area contributed by atoms with Gasteiger partial charge in [-0.1, -0.05) is 0 Å². The van der Waals surface area contributed by atoms with Crippen LogP contribution in [-0.4, -0.2) is 38.4 Å². The Morgan fingerprint density at radius 2 is 2.44 bits per heavy atom. The van der Waals surface area contributed by atoms with Crippen LogP contribution in [0.4, 0.5) is 0 Å². The van der Waals surface area contributed by atoms with Crippen molar-refractivity contribution >= 4 is 16.7 Å². The van der Waals surface area contributed by atoms with E-state index in [4.69, 9.17) is 5.73 Å². The maximum atomic E-state index is 11.6. The Balaban J connectivity index is 2.45. The van der Waals surface area contributed by atoms with Crippen molar-refractivity contribution in [3.8, 4) is 0 Å². The lowest BCUT2D eigenvalue weighted by Gasteiger charge is -2.09. The van der Waals surface area contributed by atoms with Crippen molar-refractivity contribution in [3.63, 3.8) is 0 Å². The third kappa shape index (κ3) is 3.74. The zero-order valence-electron chi connectivity index (χ0n) is 9.34. The summed E-state index contributed by atoms with van der Waals surface area (Å²) in [6.45, 7) is 0.371. The first kappa shape index (κ1) is 12.9. The molecule has 0 aromatic carbocycles. The molecule has 1 amide bonds. The SMILES string of the molecule is Cn1cc(C(N)C(=O)NCCS(C)=O)cn1. The minimum absolute atomic E-state index is 0.279. The van der Waals surface area contributed by atoms with Crippen molar-refractivity contribution in [1.82, 2.24) is 15.1 Å². The zero-order chi connectivity index (χ0) is 12.1. The number of amides is 1. The van der Waals surface area contributed by atoms with Gasteiger partial charge in [0.15, 0.2) is 0 Å². The monoisotopic (exact) mass is 244 g/mol. The maximum Gasteiger partial charge on any atom is 0.241 e. The molecule has 16 heavy (non-hydrogen) atoms. The molecule has 1 aromatic rings. The molecule has 0 bridgehead atoms. The summed E-state index contributed by atoms with van der Waals surface area (Å²) in [6.07, 6.45) is 4.84. The number of carbonyl (C=O) groups excluding carboxylic acids is 1. The van der Waals surface area contributed by atoms with Crippen LogP contribution in [0.5, 0.6) is 0 Å². The predicted octanol–water partition coefficient (Wildman–Crippen LogP) is -1.09. The van der Waals surface area contributed by atoms with Crippen molar-refractivity contribution in [3.05, 3.63) is 18.0 Å². The molecule has 0 aliphatic carbocycles. The van der Waals surface area contributed by atoms with E-state index in [1.807, 2.05) is 0 Å². The van der Waals surface area contributed by atoms with E-state index in [2.05, 4.69) is 10.4 Å². The van der Waals surface area contributed by atoms with E-state index in [9.17, 15) is 9.00 Å². The van der Waals surface area contributed by atoms with Crippen LogP contribution in [0, 0.1) is 0 Å². The molecule has 0 spiro atoms. The Labute approximate surface area is 96.7 Å². The normalized spacial score (nSPS) is 14.4. The number of nitrogens with zero attached hydrogens (tertiary/aromatic N) is 2. The van der Waals surface area contributed by atoms with Crippen LogP contribution in [0.1, 0.15) is 11.6 Å². The third-order valence-corrected chi connectivity index (χ3v) is 2.83. The van der Waals surface area contributed by atoms with Gasteiger partial charge in [-0.05, 0) is 0 Å². The Morgan fingerprint density at radius 3 is 2.94 bits per heavy atom. The fourth-order valence-corrected chi connectivity index (χ4v) is 1.57. The molecule has 0 saturated carbocycles. The smallest absolute Gasteiger partial charge is 0.241 e. The van der Waals surface area contributed by atoms with E-state index >= 15 is 0 Å². The summed E-state index contributed by atoms with van der Waals surface area (Å²) in [5, 5.41) is 6.56. The molecule has 7 heteroatoms. The topological polar surface area (TPSA) is 90.0 Å². The molecule has 2 unspecified atom stereocenters. The highest BCUT2D eigenvalue weighted by Gasteiger charge is 2.16. The Bertz CT molecular complexity index is 391. The highest BCUT2D eigenvalue weighted by atomic mass is 32.2. The van der Waals surface area contributed by atoms with Gasteiger partial charge in [0.05, 0.1) is 6.20 Å². The molecular formula is C9H16N4O2S. The number of aryl methyl sites for hydroxylation is 1. The quantitative estimate of drug-likeness (QED) is 0.689. The molecular weight excluding hydrogens is 228 g/mol. The lowest BCUT2D eigenvalue weighted by molar-refractivity contribution is -0.122. The van der Waals surface area contributed by atoms with E-state index in [0.29, 0.717) is 17.9 Å². The minimum atomic E-state index is -0.908. The van der Waals surface area contributed by atoms with Gasteiger partial charge in [0, 0.05) is 48.2 Å². The Morgan fingerprint density at radius 1 is 1.75 bits per heavy atom. The number of carbonyl (C=O) groups is 1. The molecule has 2 atom stereocenters. The average Bonchev–Trinajstić information content (AvgIpc) is 2.63. The molecule has 0 fully saturated rings. The Hall–Kier alpha value is -1.21. The van der Waals surface area contributed by atoms with Crippen molar-refractivity contribution in [1.29, 1.82) is 0 Å². The van der Waals surface area contributed by atoms with Gasteiger partial charge in [-0.2, -0.15) is 5.10 Å². The van der Waals surface area contributed by atoms with Crippen LogP contribution in [0.2, 0.25) is 0 Å². The first-order valence-electron chi connectivity index (χ1n) is 4.82. The molecule has 3 N–H and O–H groups in total. The van der Waals surface area contributed by atoms with Gasteiger partial charge >= 0.3 is 0 Å². The van der Waals surface area contributed by atoms with Crippen molar-refractivity contribution in [2.24, 2.45) is 12.8 Å². The number of hydrogen-bond acceptors (Lipinski definition) is 4. The molecule has 1 rings (SSSR count). The number of rotatable bonds is 5. The number of aromatic nitrogens is 2. The summed E-state index contributed by atoms with van der Waals surface area (Å²) in [5.74, 6) is 0.157. The number of hydrogen-bond donors (Lipinski definition) is 2. The van der Waals surface area contributed by atoms with Crippen molar-refractivity contribution < 1.29 is 9.00 Å². The van der Waals surface area contributed by atoms with Gasteiger partial charge in [-0.25, -0.2) is 0 Å². The van der Waals surface area contributed by atoms with Gasteiger partial charge < -0.3 is 11.1 Å². The first-order valence-corrected chi connectivity index (χ1v) is 6.55. The van der Waals surface area contributed by atoms with Crippen LogP contribution in [0.15, 0.2) is 12.4 Å². The van der Waals surface area contributed by atoms with Crippen LogP contribution < -0.4 is 11.1 Å². The van der Waals surface area contributed by atoms with Crippen LogP contribution in [-0.2, 0) is 22.6 Å². The summed E-state index contributed by atoms with van der Waals surface area (Å²) in [6, 6.07) is -0.723. The molecule has 6 nitrogen and oxygen atoms in total. The second-order valence-electron chi connectivity index (χ2n) is 3.49. The fraction of sp³-hybridized carbons (Fsp3) is 0.556. The van der Waals surface area contributed by atoms with Crippen LogP contribution in [0.3, 0.4) is 0 Å². The lowest BCUT2D eigenvalue weighted by atomic mass is 10.1. The van der Waals surface area contributed by atoms with E-state index < -0.39 is 16.8 Å². The summed E-state index contributed by atoms with van der Waals surface area (Å²) >= 11 is 0. The maximum absolute atomic E-state index is 11.6. The summed E-state index contributed by atoms with van der Waals surface area (Å²) in [7, 11) is 0.851. The summed E-state index contributed by atoms with van der Waals surface area (Å²) < 4.78 is 12.4. The number of nitrogens with two attached hydrogens (primary N) is 1. The van der Waals surface area contributed by atoms with Crippen molar-refractivity contribution in [2.45, 2.75) is 6.04 Å². The van der Waals surface area contributed by atoms with Gasteiger partial charge in [-0.15, -0.1) is 0 Å². The second-order valence-corrected chi connectivity index (χ2v) is 5.05. The second kappa shape index (κ2) is 5.76. The fourth-order valence-electron chi connectivity index (χ4n) is 1.18. The van der Waals surface area contributed by atoms with Gasteiger partial charge in [0.1, 0.15) is 6.04 Å². The summed E-state index contributed by atoms with van der Waals surface area (Å²) in [5.41, 5.74) is 6.39. The third-order valence-electron chi connectivity index (χ3n) is 2.06. The van der Waals surface area contributed by atoms with Gasteiger partial charge in [0.25, 0.3) is 0 Å². The van der Waals surface area contributed by atoms with E-state index in [1.54, 1.807) is 30.4 Å². The lowest BCUT2D eigenvalue weighted by Crippen LogP contribution is -2.36. The van der Waals surface area contributed by atoms with E-state index in [1.165, 1.54) is 0 Å². The Kier molecular flexibility index (Phi) is 4.63. The molecule has 1 heterocycles. The molecule has 90 valence electrons. The molecule has 0 saturated heterocycles. The molecule has 1 aromatic heterocycles. The molecule has 0 aliphatic rings. The standard InChI is InChI=1S/C9H16N4O2S/c1-13-6-7(5-12-13)8(10)9(14)11-3-4-16(2)15/h5-6,8H,3-4,10H2,1-2H3,(H,11,14). The first-order chi connectivity index (χ1) is 7.50. The van der Waals surface area contributed by atoms with E-state index in [-0.39, 0.29) is 5.91 Å². The molecule has 0 radical (unpaired) electrons. The minimum Gasteiger partial charge on any atom is -0.354 e. The average molecular weight is 244 g/mol. The van der Waals surface area contributed by atoms with Crippen LogP contribution in [0.25, 0.3) is 0 Å².